The lowest BCUT2D eigenvalue weighted by atomic mass is 10.2. The van der Waals surface area contributed by atoms with Crippen molar-refractivity contribution in [1.82, 2.24) is 24.1 Å². The van der Waals surface area contributed by atoms with Gasteiger partial charge in [0.05, 0.1) is 6.21 Å². The number of imidazole rings is 1. The van der Waals surface area contributed by atoms with E-state index in [9.17, 15) is 9.59 Å². The van der Waals surface area contributed by atoms with Crippen molar-refractivity contribution in [2.24, 2.45) is 18.1 Å². The average Bonchev–Trinajstić information content (AvgIpc) is 2.92. The van der Waals surface area contributed by atoms with Gasteiger partial charge in [0.15, 0.2) is 11.2 Å². The fraction of sp³-hybridized carbons (Fsp3) is 0.312. The van der Waals surface area contributed by atoms with Crippen LogP contribution in [0.3, 0.4) is 0 Å². The smallest absolute Gasteiger partial charge is 0.303 e. The molecule has 3 aromatic heterocycles. The standard InChI is InChI=1S/C16H19N7O2/c1-10(2)9-23-12-13(22(3)16(25)20-14(12)24)19-15(23)21-18-8-11-4-6-17-7-5-11/h4-8,10H,9H2,1-3H3,(H,19,21)(H,20,24,25). The largest absolute Gasteiger partial charge is 0.329 e. The van der Waals surface area contributed by atoms with Crippen molar-refractivity contribution in [1.29, 1.82) is 0 Å². The van der Waals surface area contributed by atoms with Gasteiger partial charge in [-0.15, -0.1) is 0 Å². The number of hydrogen-bond donors (Lipinski definition) is 2. The zero-order valence-electron chi connectivity index (χ0n) is 14.2. The second-order valence-corrected chi connectivity index (χ2v) is 6.08. The highest BCUT2D eigenvalue weighted by Gasteiger charge is 2.17. The van der Waals surface area contributed by atoms with Crippen LogP contribution in [0.25, 0.3) is 11.2 Å². The zero-order chi connectivity index (χ0) is 18.0. The molecule has 2 N–H and O–H groups in total. The van der Waals surface area contributed by atoms with Gasteiger partial charge in [-0.2, -0.15) is 10.1 Å². The van der Waals surface area contributed by atoms with Gasteiger partial charge < -0.3 is 4.57 Å². The second kappa shape index (κ2) is 6.71. The molecule has 0 aliphatic rings. The number of hydrogen-bond acceptors (Lipinski definition) is 6. The lowest BCUT2D eigenvalue weighted by Crippen LogP contribution is -2.29. The molecular weight excluding hydrogens is 322 g/mol. The second-order valence-electron chi connectivity index (χ2n) is 6.08. The summed E-state index contributed by atoms with van der Waals surface area (Å²) < 4.78 is 3.05. The van der Waals surface area contributed by atoms with Crippen LogP contribution in [-0.4, -0.2) is 30.3 Å². The van der Waals surface area contributed by atoms with Crippen LogP contribution < -0.4 is 16.7 Å². The maximum absolute atomic E-state index is 12.3. The molecule has 0 aliphatic heterocycles. The van der Waals surface area contributed by atoms with E-state index in [1.807, 2.05) is 26.0 Å². The molecule has 9 heteroatoms. The monoisotopic (exact) mass is 341 g/mol. The Morgan fingerprint density at radius 3 is 2.72 bits per heavy atom. The third-order valence-corrected chi connectivity index (χ3v) is 3.64. The van der Waals surface area contributed by atoms with Gasteiger partial charge in [0.2, 0.25) is 5.95 Å². The molecular formula is C16H19N7O2. The summed E-state index contributed by atoms with van der Waals surface area (Å²) in [4.78, 5) is 34.7. The number of pyridine rings is 1. The quantitative estimate of drug-likeness (QED) is 0.530. The van der Waals surface area contributed by atoms with Crippen molar-refractivity contribution in [3.8, 4) is 0 Å². The van der Waals surface area contributed by atoms with Crippen molar-refractivity contribution < 1.29 is 0 Å². The normalized spacial score (nSPS) is 11.7. The molecule has 0 fully saturated rings. The molecule has 3 heterocycles. The molecule has 0 amide bonds. The van der Waals surface area contributed by atoms with Crippen LogP contribution in [0.5, 0.6) is 0 Å². The number of aryl methyl sites for hydroxylation is 1. The highest BCUT2D eigenvalue weighted by Crippen LogP contribution is 2.17. The summed E-state index contributed by atoms with van der Waals surface area (Å²) in [5, 5.41) is 4.17. The Morgan fingerprint density at radius 1 is 1.32 bits per heavy atom. The number of nitrogens with zero attached hydrogens (tertiary/aromatic N) is 5. The minimum absolute atomic E-state index is 0.277. The summed E-state index contributed by atoms with van der Waals surface area (Å²) in [6.07, 6.45) is 4.97. The molecule has 0 aromatic carbocycles. The minimum atomic E-state index is -0.501. The minimum Gasteiger partial charge on any atom is -0.303 e. The van der Waals surface area contributed by atoms with Crippen molar-refractivity contribution in [3.05, 3.63) is 50.9 Å². The van der Waals surface area contributed by atoms with E-state index in [2.05, 4.69) is 25.5 Å². The molecule has 0 spiro atoms. The number of H-pyrrole nitrogens is 1. The Morgan fingerprint density at radius 2 is 2.04 bits per heavy atom. The number of hydrazone groups is 1. The average molecular weight is 341 g/mol. The molecule has 130 valence electrons. The summed E-state index contributed by atoms with van der Waals surface area (Å²) in [6.45, 7) is 4.63. The number of nitrogens with one attached hydrogen (secondary N) is 2. The van der Waals surface area contributed by atoms with Crippen LogP contribution in [0.2, 0.25) is 0 Å². The van der Waals surface area contributed by atoms with E-state index in [0.717, 1.165) is 5.56 Å². The molecule has 0 bridgehead atoms. The molecule has 3 rings (SSSR count). The SMILES string of the molecule is CC(C)Cn1c(NN=Cc2ccncc2)nc2c1c(=O)[nH]c(=O)n2C. The molecule has 3 aromatic rings. The first-order valence-electron chi connectivity index (χ1n) is 7.86. The van der Waals surface area contributed by atoms with Crippen molar-refractivity contribution in [3.63, 3.8) is 0 Å². The zero-order valence-corrected chi connectivity index (χ0v) is 14.2. The molecule has 0 atom stereocenters. The van der Waals surface area contributed by atoms with Gasteiger partial charge in [0.25, 0.3) is 5.56 Å². The van der Waals surface area contributed by atoms with Gasteiger partial charge in [-0.3, -0.25) is 19.3 Å². The van der Waals surface area contributed by atoms with Crippen molar-refractivity contribution in [2.45, 2.75) is 20.4 Å². The van der Waals surface area contributed by atoms with Gasteiger partial charge in [-0.1, -0.05) is 13.8 Å². The first-order valence-corrected chi connectivity index (χ1v) is 7.86. The van der Waals surface area contributed by atoms with Gasteiger partial charge >= 0.3 is 5.69 Å². The Bertz CT molecular complexity index is 1030. The molecule has 0 radical (unpaired) electrons. The van der Waals surface area contributed by atoms with Crippen LogP contribution >= 0.6 is 0 Å². The number of anilines is 1. The van der Waals surface area contributed by atoms with E-state index in [1.165, 1.54) is 4.57 Å². The summed E-state index contributed by atoms with van der Waals surface area (Å²) in [6, 6.07) is 3.63. The van der Waals surface area contributed by atoms with Gasteiger partial charge in [0, 0.05) is 26.0 Å². The highest BCUT2D eigenvalue weighted by atomic mass is 16.2. The van der Waals surface area contributed by atoms with Crippen molar-refractivity contribution >= 4 is 23.3 Å². The summed E-state index contributed by atoms with van der Waals surface area (Å²) in [5.74, 6) is 0.680. The van der Waals surface area contributed by atoms with Crippen LogP contribution in [0.15, 0.2) is 39.2 Å². The van der Waals surface area contributed by atoms with E-state index < -0.39 is 11.2 Å². The van der Waals surface area contributed by atoms with Crippen LogP contribution in [0.4, 0.5) is 5.95 Å². The first kappa shape index (κ1) is 16.6. The maximum Gasteiger partial charge on any atom is 0.329 e. The molecule has 9 nitrogen and oxygen atoms in total. The fourth-order valence-corrected chi connectivity index (χ4v) is 2.48. The molecule has 0 saturated heterocycles. The molecule has 0 aliphatic carbocycles. The Kier molecular flexibility index (Phi) is 4.46. The summed E-state index contributed by atoms with van der Waals surface area (Å²) >= 11 is 0. The van der Waals surface area contributed by atoms with Gasteiger partial charge in [-0.25, -0.2) is 10.2 Å². The Hall–Kier alpha value is -3.23. The van der Waals surface area contributed by atoms with Crippen LogP contribution in [0, 0.1) is 5.92 Å². The Balaban J connectivity index is 2.06. The highest BCUT2D eigenvalue weighted by molar-refractivity contribution is 5.80. The lowest BCUT2D eigenvalue weighted by molar-refractivity contribution is 0.535. The lowest BCUT2D eigenvalue weighted by Gasteiger charge is -2.10. The third kappa shape index (κ3) is 3.35. The fourth-order valence-electron chi connectivity index (χ4n) is 2.48. The van der Waals surface area contributed by atoms with Crippen LogP contribution in [0.1, 0.15) is 19.4 Å². The number of rotatable bonds is 5. The molecule has 0 unspecified atom stereocenters. The van der Waals surface area contributed by atoms with Gasteiger partial charge in [0.1, 0.15) is 0 Å². The van der Waals surface area contributed by atoms with Crippen molar-refractivity contribution in [2.75, 3.05) is 5.43 Å². The number of aromatic amines is 1. The predicted molar refractivity (Wildman–Crippen MR) is 95.9 cm³/mol. The predicted octanol–water partition coefficient (Wildman–Crippen LogP) is 0.920. The number of aromatic nitrogens is 5. The summed E-state index contributed by atoms with van der Waals surface area (Å²) in [5.41, 5.74) is 3.44. The number of fused-ring (bicyclic) bond motifs is 1. The van der Waals surface area contributed by atoms with E-state index in [4.69, 9.17) is 0 Å². The van der Waals surface area contributed by atoms with E-state index >= 15 is 0 Å². The molecule has 0 saturated carbocycles. The van der Waals surface area contributed by atoms with E-state index in [1.54, 1.807) is 30.2 Å². The maximum atomic E-state index is 12.3. The summed E-state index contributed by atoms with van der Waals surface area (Å²) in [7, 11) is 1.57. The first-order chi connectivity index (χ1) is 12.0. The van der Waals surface area contributed by atoms with Gasteiger partial charge in [-0.05, 0) is 23.6 Å². The van der Waals surface area contributed by atoms with Crippen LogP contribution in [-0.2, 0) is 13.6 Å². The Labute approximate surface area is 143 Å². The topological polar surface area (TPSA) is 110 Å². The van der Waals surface area contributed by atoms with E-state index in [0.29, 0.717) is 23.7 Å². The third-order valence-electron chi connectivity index (χ3n) is 3.64. The van der Waals surface area contributed by atoms with E-state index in [-0.39, 0.29) is 5.92 Å². The molecule has 25 heavy (non-hydrogen) atoms.